The lowest BCUT2D eigenvalue weighted by Crippen LogP contribution is -2.35. The van der Waals surface area contributed by atoms with Crippen molar-refractivity contribution in [2.45, 2.75) is 0 Å². The van der Waals surface area contributed by atoms with E-state index >= 15 is 0 Å². The molecular formula is C6H4BF2NO4. The van der Waals surface area contributed by atoms with E-state index in [1.807, 2.05) is 0 Å². The summed E-state index contributed by atoms with van der Waals surface area (Å²) in [5.41, 5.74) is -2.34. The van der Waals surface area contributed by atoms with Gasteiger partial charge in [0.2, 0.25) is 0 Å². The number of hydrogen-bond donors (Lipinski definition) is 2. The molecule has 2 N–H and O–H groups in total. The first-order chi connectivity index (χ1) is 6.45. The van der Waals surface area contributed by atoms with Crippen molar-refractivity contribution < 1.29 is 23.8 Å². The molecule has 0 saturated heterocycles. The molecule has 0 amide bonds. The van der Waals surface area contributed by atoms with Gasteiger partial charge < -0.3 is 10.0 Å². The average Bonchev–Trinajstić information content (AvgIpc) is 2.07. The zero-order valence-corrected chi connectivity index (χ0v) is 6.65. The van der Waals surface area contributed by atoms with Crippen LogP contribution in [0.2, 0.25) is 0 Å². The van der Waals surface area contributed by atoms with Gasteiger partial charge in [-0.1, -0.05) is 0 Å². The molecule has 0 unspecified atom stereocenters. The summed E-state index contributed by atoms with van der Waals surface area (Å²) in [7, 11) is -2.42. The Morgan fingerprint density at radius 3 is 2.14 bits per heavy atom. The van der Waals surface area contributed by atoms with Gasteiger partial charge >= 0.3 is 12.8 Å². The van der Waals surface area contributed by atoms with E-state index in [2.05, 4.69) is 0 Å². The van der Waals surface area contributed by atoms with Crippen LogP contribution < -0.4 is 5.46 Å². The molecule has 5 nitrogen and oxygen atoms in total. The van der Waals surface area contributed by atoms with Crippen LogP contribution in [0.1, 0.15) is 0 Å². The monoisotopic (exact) mass is 203 g/mol. The summed E-state index contributed by atoms with van der Waals surface area (Å²) in [6.07, 6.45) is 0. The quantitative estimate of drug-likeness (QED) is 0.387. The molecule has 0 saturated carbocycles. The highest BCUT2D eigenvalue weighted by molar-refractivity contribution is 6.60. The predicted molar refractivity (Wildman–Crippen MR) is 42.8 cm³/mol. The maximum absolute atomic E-state index is 12.9. The standard InChI is InChI=1S/C6H4BF2NO4/c8-3-1-2-4(9)6(10(13)14)5(3)7(11)12/h1-2,11-12H. The van der Waals surface area contributed by atoms with E-state index in [9.17, 15) is 18.9 Å². The number of nitro groups is 1. The van der Waals surface area contributed by atoms with Gasteiger partial charge in [0, 0.05) is 0 Å². The number of hydrogen-bond acceptors (Lipinski definition) is 4. The Bertz CT molecular complexity index is 384. The minimum atomic E-state index is -2.42. The molecule has 74 valence electrons. The van der Waals surface area contributed by atoms with Crippen LogP contribution in [0.4, 0.5) is 14.5 Å². The van der Waals surface area contributed by atoms with Gasteiger partial charge in [-0.15, -0.1) is 0 Å². The Balaban J connectivity index is 3.50. The van der Waals surface area contributed by atoms with Gasteiger partial charge in [-0.3, -0.25) is 10.1 Å². The van der Waals surface area contributed by atoms with Crippen molar-refractivity contribution in [1.29, 1.82) is 0 Å². The van der Waals surface area contributed by atoms with E-state index in [4.69, 9.17) is 10.0 Å². The number of nitro benzene ring substituents is 1. The largest absolute Gasteiger partial charge is 0.498 e. The lowest BCUT2D eigenvalue weighted by molar-refractivity contribution is -0.386. The maximum Gasteiger partial charge on any atom is 0.498 e. The van der Waals surface area contributed by atoms with E-state index in [0.717, 1.165) is 0 Å². The number of benzene rings is 1. The van der Waals surface area contributed by atoms with Crippen molar-refractivity contribution in [3.8, 4) is 0 Å². The van der Waals surface area contributed by atoms with Crippen LogP contribution in [0.15, 0.2) is 12.1 Å². The average molecular weight is 203 g/mol. The van der Waals surface area contributed by atoms with E-state index in [1.54, 1.807) is 0 Å². The normalized spacial score (nSPS) is 10.0. The third-order valence-corrected chi connectivity index (χ3v) is 1.56. The molecule has 0 atom stereocenters. The Morgan fingerprint density at radius 1 is 1.29 bits per heavy atom. The molecule has 8 heteroatoms. The lowest BCUT2D eigenvalue weighted by atomic mass is 9.78. The molecule has 1 rings (SSSR count). The zero-order chi connectivity index (χ0) is 10.9. The third kappa shape index (κ3) is 1.70. The molecule has 0 aliphatic rings. The summed E-state index contributed by atoms with van der Waals surface area (Å²) >= 11 is 0. The van der Waals surface area contributed by atoms with E-state index in [0.29, 0.717) is 12.1 Å². The fraction of sp³-hybridized carbons (Fsp3) is 0. The first-order valence-corrected chi connectivity index (χ1v) is 3.43. The molecule has 0 fully saturated rings. The highest BCUT2D eigenvalue weighted by atomic mass is 19.1. The van der Waals surface area contributed by atoms with E-state index in [-0.39, 0.29) is 0 Å². The highest BCUT2D eigenvalue weighted by Crippen LogP contribution is 2.15. The third-order valence-electron chi connectivity index (χ3n) is 1.56. The lowest BCUT2D eigenvalue weighted by Gasteiger charge is -2.03. The predicted octanol–water partition coefficient (Wildman–Crippen LogP) is -0.447. The zero-order valence-electron chi connectivity index (χ0n) is 6.65. The van der Waals surface area contributed by atoms with Gasteiger partial charge in [0.05, 0.1) is 10.4 Å². The van der Waals surface area contributed by atoms with Crippen LogP contribution in [0.5, 0.6) is 0 Å². The molecule has 1 aromatic rings. The van der Waals surface area contributed by atoms with Crippen molar-refractivity contribution in [2.24, 2.45) is 0 Å². The smallest absolute Gasteiger partial charge is 0.423 e. The molecule has 0 aromatic heterocycles. The number of halogens is 2. The van der Waals surface area contributed by atoms with Gasteiger partial charge in [0.15, 0.2) is 5.82 Å². The van der Waals surface area contributed by atoms with Crippen molar-refractivity contribution in [2.75, 3.05) is 0 Å². The molecule has 0 bridgehead atoms. The first-order valence-electron chi connectivity index (χ1n) is 3.43. The van der Waals surface area contributed by atoms with Gasteiger partial charge in [-0.05, 0) is 12.1 Å². The minimum absolute atomic E-state index is 0.541. The highest BCUT2D eigenvalue weighted by Gasteiger charge is 2.31. The van der Waals surface area contributed by atoms with Gasteiger partial charge in [0.25, 0.3) is 0 Å². The van der Waals surface area contributed by atoms with Gasteiger partial charge in [-0.2, -0.15) is 4.39 Å². The van der Waals surface area contributed by atoms with E-state index < -0.39 is 34.8 Å². The van der Waals surface area contributed by atoms with Crippen LogP contribution in [0.3, 0.4) is 0 Å². The second kappa shape index (κ2) is 3.68. The second-order valence-corrected chi connectivity index (χ2v) is 2.42. The van der Waals surface area contributed by atoms with Crippen molar-refractivity contribution in [3.63, 3.8) is 0 Å². The Morgan fingerprint density at radius 2 is 1.79 bits per heavy atom. The molecule has 1 aromatic carbocycles. The summed E-state index contributed by atoms with van der Waals surface area (Å²) in [5, 5.41) is 27.5. The van der Waals surface area contributed by atoms with Crippen molar-refractivity contribution >= 4 is 18.3 Å². The minimum Gasteiger partial charge on any atom is -0.423 e. The van der Waals surface area contributed by atoms with Crippen LogP contribution in [-0.2, 0) is 0 Å². The summed E-state index contributed by atoms with van der Waals surface area (Å²) in [4.78, 5) is 9.06. The fourth-order valence-electron chi connectivity index (χ4n) is 0.988. The van der Waals surface area contributed by atoms with Crippen LogP contribution in [-0.4, -0.2) is 22.1 Å². The Labute approximate surface area is 76.9 Å². The van der Waals surface area contributed by atoms with Crippen LogP contribution in [0, 0.1) is 21.7 Å². The topological polar surface area (TPSA) is 83.6 Å². The molecule has 0 aliphatic heterocycles. The SMILES string of the molecule is O=[N+]([O-])c1c(F)ccc(F)c1B(O)O. The Kier molecular flexibility index (Phi) is 2.77. The molecule has 0 heterocycles. The van der Waals surface area contributed by atoms with Crippen molar-refractivity contribution in [1.82, 2.24) is 0 Å². The molecule has 0 radical (unpaired) electrons. The van der Waals surface area contributed by atoms with Crippen LogP contribution in [0.25, 0.3) is 0 Å². The Hall–Kier alpha value is -1.54. The maximum atomic E-state index is 12.9. The number of rotatable bonds is 2. The van der Waals surface area contributed by atoms with Gasteiger partial charge in [0.1, 0.15) is 5.82 Å². The summed E-state index contributed by atoms with van der Waals surface area (Å²) in [6.45, 7) is 0. The second-order valence-electron chi connectivity index (χ2n) is 2.42. The first kappa shape index (κ1) is 10.5. The summed E-state index contributed by atoms with van der Waals surface area (Å²) < 4.78 is 25.7. The fourth-order valence-corrected chi connectivity index (χ4v) is 0.988. The molecule has 0 spiro atoms. The summed E-state index contributed by atoms with van der Waals surface area (Å²) in [6, 6.07) is 1.12. The summed E-state index contributed by atoms with van der Waals surface area (Å²) in [5.74, 6) is -2.56. The molecule has 0 aliphatic carbocycles. The van der Waals surface area contributed by atoms with Crippen LogP contribution >= 0.6 is 0 Å². The molecule has 14 heavy (non-hydrogen) atoms. The van der Waals surface area contributed by atoms with Crippen molar-refractivity contribution in [3.05, 3.63) is 33.9 Å². The molecular weight excluding hydrogens is 199 g/mol. The van der Waals surface area contributed by atoms with Gasteiger partial charge in [-0.25, -0.2) is 4.39 Å². The number of nitrogens with zero attached hydrogens (tertiary/aromatic N) is 1. The van der Waals surface area contributed by atoms with E-state index in [1.165, 1.54) is 0 Å².